The Bertz CT molecular complexity index is 309. The highest BCUT2D eigenvalue weighted by atomic mass is 16.5. The van der Waals surface area contributed by atoms with E-state index in [1.54, 1.807) is 0 Å². The first-order valence-electron chi connectivity index (χ1n) is 4.74. The van der Waals surface area contributed by atoms with Gasteiger partial charge in [0.15, 0.2) is 0 Å². The first-order valence-corrected chi connectivity index (χ1v) is 4.74. The minimum absolute atomic E-state index is 0.729. The minimum atomic E-state index is 0.729. The van der Waals surface area contributed by atoms with E-state index in [4.69, 9.17) is 4.74 Å². The van der Waals surface area contributed by atoms with Gasteiger partial charge in [0.1, 0.15) is 12.5 Å². The molecule has 0 spiro atoms. The number of benzene rings is 1. The van der Waals surface area contributed by atoms with Crippen LogP contribution in [0.15, 0.2) is 18.2 Å². The molecule has 0 atom stereocenters. The van der Waals surface area contributed by atoms with Gasteiger partial charge in [-0.05, 0) is 25.1 Å². The van der Waals surface area contributed by atoms with Crippen molar-refractivity contribution in [1.82, 2.24) is 4.90 Å². The molecule has 1 aliphatic heterocycles. The summed E-state index contributed by atoms with van der Waals surface area (Å²) in [6, 6.07) is 6.41. The molecular weight excluding hydrogens is 162 g/mol. The Morgan fingerprint density at radius 2 is 2.31 bits per heavy atom. The number of hydrogen-bond donors (Lipinski definition) is 0. The number of ether oxygens (including phenoxy) is 1. The summed E-state index contributed by atoms with van der Waals surface area (Å²) in [6.07, 6.45) is 0. The predicted octanol–water partition coefficient (Wildman–Crippen LogP) is 2.17. The minimum Gasteiger partial charge on any atom is -0.478 e. The lowest BCUT2D eigenvalue weighted by Crippen LogP contribution is -2.31. The van der Waals surface area contributed by atoms with Crippen molar-refractivity contribution in [3.8, 4) is 5.75 Å². The van der Waals surface area contributed by atoms with Gasteiger partial charge in [-0.1, -0.05) is 19.1 Å². The number of aryl methyl sites for hydroxylation is 1. The van der Waals surface area contributed by atoms with Gasteiger partial charge in [0.2, 0.25) is 0 Å². The number of nitrogens with zero attached hydrogens (tertiary/aromatic N) is 1. The highest BCUT2D eigenvalue weighted by Gasteiger charge is 2.14. The molecule has 2 heteroatoms. The lowest BCUT2D eigenvalue weighted by Gasteiger charge is -2.27. The van der Waals surface area contributed by atoms with Gasteiger partial charge in [0.05, 0.1) is 0 Å². The van der Waals surface area contributed by atoms with Crippen LogP contribution in [0.2, 0.25) is 0 Å². The molecule has 1 aromatic rings. The van der Waals surface area contributed by atoms with E-state index >= 15 is 0 Å². The van der Waals surface area contributed by atoms with Crippen LogP contribution in [0.4, 0.5) is 0 Å². The Balaban J connectivity index is 2.26. The van der Waals surface area contributed by atoms with Gasteiger partial charge in [-0.25, -0.2) is 0 Å². The summed E-state index contributed by atoms with van der Waals surface area (Å²) in [5.41, 5.74) is 2.57. The summed E-state index contributed by atoms with van der Waals surface area (Å²) in [5, 5.41) is 0. The molecule has 0 aliphatic carbocycles. The maximum Gasteiger partial charge on any atom is 0.142 e. The fourth-order valence-corrected chi connectivity index (χ4v) is 1.58. The van der Waals surface area contributed by atoms with E-state index in [9.17, 15) is 0 Å². The molecule has 0 fully saturated rings. The molecule has 0 amide bonds. The van der Waals surface area contributed by atoms with Gasteiger partial charge in [0, 0.05) is 12.1 Å². The normalized spacial score (nSPS) is 16.5. The third-order valence-corrected chi connectivity index (χ3v) is 2.47. The van der Waals surface area contributed by atoms with Gasteiger partial charge in [-0.15, -0.1) is 0 Å². The van der Waals surface area contributed by atoms with E-state index in [1.807, 2.05) is 0 Å². The summed E-state index contributed by atoms with van der Waals surface area (Å²) in [5.74, 6) is 1.06. The monoisotopic (exact) mass is 177 g/mol. The maximum absolute atomic E-state index is 5.63. The third-order valence-electron chi connectivity index (χ3n) is 2.47. The van der Waals surface area contributed by atoms with Gasteiger partial charge in [-0.2, -0.15) is 0 Å². The zero-order valence-corrected chi connectivity index (χ0v) is 8.21. The second-order valence-corrected chi connectivity index (χ2v) is 3.53. The van der Waals surface area contributed by atoms with E-state index in [0.29, 0.717) is 0 Å². The topological polar surface area (TPSA) is 12.5 Å². The first-order chi connectivity index (χ1) is 6.29. The molecule has 0 saturated carbocycles. The second kappa shape index (κ2) is 3.38. The van der Waals surface area contributed by atoms with E-state index in [0.717, 1.165) is 25.6 Å². The number of rotatable bonds is 1. The molecule has 1 heterocycles. The Labute approximate surface area is 79.1 Å². The second-order valence-electron chi connectivity index (χ2n) is 3.53. The van der Waals surface area contributed by atoms with Crippen molar-refractivity contribution in [3.05, 3.63) is 29.3 Å². The molecule has 0 N–H and O–H groups in total. The van der Waals surface area contributed by atoms with E-state index < -0.39 is 0 Å². The molecule has 2 nitrogen and oxygen atoms in total. The molecule has 0 bridgehead atoms. The molecule has 70 valence electrons. The third kappa shape index (κ3) is 1.68. The van der Waals surface area contributed by atoms with Crippen LogP contribution in [0, 0.1) is 6.92 Å². The molecule has 1 aliphatic rings. The van der Waals surface area contributed by atoms with Crippen LogP contribution in [0.1, 0.15) is 18.1 Å². The summed E-state index contributed by atoms with van der Waals surface area (Å²) in [6.45, 7) is 7.05. The zero-order chi connectivity index (χ0) is 9.26. The highest BCUT2D eigenvalue weighted by Crippen LogP contribution is 2.25. The molecule has 2 rings (SSSR count). The average molecular weight is 177 g/mol. The van der Waals surface area contributed by atoms with Crippen LogP contribution in [0.25, 0.3) is 0 Å². The quantitative estimate of drug-likeness (QED) is 0.651. The fourth-order valence-electron chi connectivity index (χ4n) is 1.58. The molecule has 13 heavy (non-hydrogen) atoms. The molecule has 0 saturated heterocycles. The van der Waals surface area contributed by atoms with Crippen molar-refractivity contribution in [2.45, 2.75) is 20.4 Å². The average Bonchev–Trinajstić information content (AvgIpc) is 2.17. The Hall–Kier alpha value is -1.02. The molecule has 1 aromatic carbocycles. The summed E-state index contributed by atoms with van der Waals surface area (Å²) in [7, 11) is 0. The Kier molecular flexibility index (Phi) is 2.23. The largest absolute Gasteiger partial charge is 0.478 e. The SMILES string of the molecule is CCN1COc2cc(C)ccc2C1. The van der Waals surface area contributed by atoms with Crippen molar-refractivity contribution in [3.63, 3.8) is 0 Å². The van der Waals surface area contributed by atoms with Crippen LogP contribution < -0.4 is 4.74 Å². The van der Waals surface area contributed by atoms with E-state index in [2.05, 4.69) is 36.9 Å². The van der Waals surface area contributed by atoms with E-state index in [1.165, 1.54) is 11.1 Å². The maximum atomic E-state index is 5.63. The van der Waals surface area contributed by atoms with Gasteiger partial charge < -0.3 is 4.74 Å². The number of fused-ring (bicyclic) bond motifs is 1. The van der Waals surface area contributed by atoms with Crippen molar-refractivity contribution in [2.24, 2.45) is 0 Å². The lowest BCUT2D eigenvalue weighted by molar-refractivity contribution is 0.101. The molecular formula is C11H15NO. The first kappa shape index (κ1) is 8.57. The number of hydrogen-bond acceptors (Lipinski definition) is 2. The van der Waals surface area contributed by atoms with Gasteiger partial charge in [-0.3, -0.25) is 4.90 Å². The lowest BCUT2D eigenvalue weighted by atomic mass is 10.1. The summed E-state index contributed by atoms with van der Waals surface area (Å²) >= 11 is 0. The fraction of sp³-hybridized carbons (Fsp3) is 0.455. The Morgan fingerprint density at radius 3 is 3.08 bits per heavy atom. The molecule has 0 radical (unpaired) electrons. The van der Waals surface area contributed by atoms with Crippen LogP contribution in [-0.2, 0) is 6.54 Å². The summed E-state index contributed by atoms with van der Waals surface area (Å²) in [4.78, 5) is 2.28. The highest BCUT2D eigenvalue weighted by molar-refractivity contribution is 5.37. The van der Waals surface area contributed by atoms with Crippen LogP contribution >= 0.6 is 0 Å². The standard InChI is InChI=1S/C11H15NO/c1-3-12-7-10-5-4-9(2)6-11(10)13-8-12/h4-6H,3,7-8H2,1-2H3. The van der Waals surface area contributed by atoms with Crippen LogP contribution in [0.5, 0.6) is 5.75 Å². The van der Waals surface area contributed by atoms with Gasteiger partial charge in [0.25, 0.3) is 0 Å². The van der Waals surface area contributed by atoms with Crippen LogP contribution in [0.3, 0.4) is 0 Å². The zero-order valence-electron chi connectivity index (χ0n) is 8.21. The van der Waals surface area contributed by atoms with Crippen molar-refractivity contribution in [1.29, 1.82) is 0 Å². The van der Waals surface area contributed by atoms with Gasteiger partial charge >= 0.3 is 0 Å². The smallest absolute Gasteiger partial charge is 0.142 e. The summed E-state index contributed by atoms with van der Waals surface area (Å²) < 4.78 is 5.63. The van der Waals surface area contributed by atoms with Crippen molar-refractivity contribution >= 4 is 0 Å². The predicted molar refractivity (Wildman–Crippen MR) is 52.8 cm³/mol. The molecule has 0 unspecified atom stereocenters. The van der Waals surface area contributed by atoms with Crippen LogP contribution in [-0.4, -0.2) is 18.2 Å². The Morgan fingerprint density at radius 1 is 1.46 bits per heavy atom. The van der Waals surface area contributed by atoms with Crippen molar-refractivity contribution in [2.75, 3.05) is 13.3 Å². The molecule has 0 aromatic heterocycles. The van der Waals surface area contributed by atoms with Crippen molar-refractivity contribution < 1.29 is 4.74 Å². The van der Waals surface area contributed by atoms with E-state index in [-0.39, 0.29) is 0 Å².